The zero-order chi connectivity index (χ0) is 14.1. The Morgan fingerprint density at radius 3 is 2.76 bits per heavy atom. The van der Waals surface area contributed by atoms with E-state index in [1.54, 1.807) is 6.33 Å². The molecular weight excluding hydrogens is 258 g/mol. The maximum absolute atomic E-state index is 4.32. The van der Waals surface area contributed by atoms with Crippen LogP contribution in [0.4, 0.5) is 5.69 Å². The summed E-state index contributed by atoms with van der Waals surface area (Å²) in [6.45, 7) is 0. The van der Waals surface area contributed by atoms with Gasteiger partial charge in [0.05, 0.1) is 11.2 Å². The van der Waals surface area contributed by atoms with Crippen molar-refractivity contribution in [3.63, 3.8) is 0 Å². The van der Waals surface area contributed by atoms with Crippen LogP contribution in [0.2, 0.25) is 0 Å². The first-order valence-corrected chi connectivity index (χ1v) is 6.85. The first-order chi connectivity index (χ1) is 10.4. The second-order valence-corrected chi connectivity index (χ2v) is 4.92. The predicted molar refractivity (Wildman–Crippen MR) is 86.6 cm³/mol. The van der Waals surface area contributed by atoms with E-state index >= 15 is 0 Å². The molecule has 0 amide bonds. The first kappa shape index (κ1) is 11.9. The SMILES string of the molecule is C1=Cc2ccc3ncncc3c2NC(c2ccccc2)=C1. The Balaban J connectivity index is 1.89. The lowest BCUT2D eigenvalue weighted by Gasteiger charge is -2.14. The lowest BCUT2D eigenvalue weighted by molar-refractivity contribution is 1.22. The molecule has 0 fully saturated rings. The van der Waals surface area contributed by atoms with Gasteiger partial charge in [0.15, 0.2) is 0 Å². The van der Waals surface area contributed by atoms with Crippen molar-refractivity contribution in [1.82, 2.24) is 9.97 Å². The van der Waals surface area contributed by atoms with E-state index < -0.39 is 0 Å². The molecule has 2 aromatic carbocycles. The summed E-state index contributed by atoms with van der Waals surface area (Å²) < 4.78 is 0. The van der Waals surface area contributed by atoms with Gasteiger partial charge in [-0.3, -0.25) is 0 Å². The van der Waals surface area contributed by atoms with Gasteiger partial charge in [-0.25, -0.2) is 9.97 Å². The van der Waals surface area contributed by atoms with Gasteiger partial charge in [-0.05, 0) is 23.3 Å². The Kier molecular flexibility index (Phi) is 2.75. The number of benzene rings is 2. The number of fused-ring (bicyclic) bond motifs is 3. The van der Waals surface area contributed by atoms with Crippen LogP contribution in [-0.4, -0.2) is 9.97 Å². The smallest absolute Gasteiger partial charge is 0.116 e. The Morgan fingerprint density at radius 1 is 0.952 bits per heavy atom. The molecule has 1 N–H and O–H groups in total. The summed E-state index contributed by atoms with van der Waals surface area (Å²) in [5.74, 6) is 0. The largest absolute Gasteiger partial charge is 0.354 e. The third kappa shape index (κ3) is 2.09. The highest BCUT2D eigenvalue weighted by atomic mass is 14.9. The summed E-state index contributed by atoms with van der Waals surface area (Å²) in [5, 5.41) is 4.57. The van der Waals surface area contributed by atoms with Crippen LogP contribution in [0.5, 0.6) is 0 Å². The molecule has 0 saturated carbocycles. The normalized spacial score (nSPS) is 13.2. The molecule has 3 aromatic rings. The van der Waals surface area contributed by atoms with Gasteiger partial charge < -0.3 is 5.32 Å². The fourth-order valence-corrected chi connectivity index (χ4v) is 2.56. The van der Waals surface area contributed by atoms with Crippen molar-refractivity contribution in [2.24, 2.45) is 0 Å². The first-order valence-electron chi connectivity index (χ1n) is 6.85. The number of aromatic nitrogens is 2. The number of anilines is 1. The minimum Gasteiger partial charge on any atom is -0.354 e. The minimum atomic E-state index is 0.943. The summed E-state index contributed by atoms with van der Waals surface area (Å²) in [5.41, 5.74) is 5.36. The summed E-state index contributed by atoms with van der Waals surface area (Å²) in [4.78, 5) is 8.48. The highest BCUT2D eigenvalue weighted by molar-refractivity contribution is 6.00. The van der Waals surface area contributed by atoms with Crippen LogP contribution < -0.4 is 5.32 Å². The summed E-state index contributed by atoms with van der Waals surface area (Å²) >= 11 is 0. The molecule has 2 heterocycles. The van der Waals surface area contributed by atoms with E-state index in [0.29, 0.717) is 0 Å². The highest BCUT2D eigenvalue weighted by Crippen LogP contribution is 2.32. The molecule has 100 valence electrons. The lowest BCUT2D eigenvalue weighted by Crippen LogP contribution is -2.00. The van der Waals surface area contributed by atoms with E-state index in [4.69, 9.17) is 0 Å². The summed E-state index contributed by atoms with van der Waals surface area (Å²) in [7, 11) is 0. The van der Waals surface area contributed by atoms with E-state index in [9.17, 15) is 0 Å². The number of nitrogens with one attached hydrogen (secondary N) is 1. The second-order valence-electron chi connectivity index (χ2n) is 4.92. The Bertz CT molecular complexity index is 864. The van der Waals surface area contributed by atoms with Crippen LogP contribution >= 0.6 is 0 Å². The monoisotopic (exact) mass is 271 g/mol. The molecule has 0 atom stereocenters. The predicted octanol–water partition coefficient (Wildman–Crippen LogP) is 4.11. The topological polar surface area (TPSA) is 37.8 Å². The molecule has 0 unspecified atom stereocenters. The van der Waals surface area contributed by atoms with E-state index in [-0.39, 0.29) is 0 Å². The van der Waals surface area contributed by atoms with Crippen molar-refractivity contribution in [1.29, 1.82) is 0 Å². The molecule has 1 aliphatic heterocycles. The van der Waals surface area contributed by atoms with Gasteiger partial charge in [0.1, 0.15) is 6.33 Å². The maximum atomic E-state index is 4.32. The van der Waals surface area contributed by atoms with Gasteiger partial charge in [-0.15, -0.1) is 0 Å². The van der Waals surface area contributed by atoms with Crippen molar-refractivity contribution >= 4 is 28.4 Å². The average molecular weight is 271 g/mol. The van der Waals surface area contributed by atoms with Crippen LogP contribution in [-0.2, 0) is 0 Å². The number of rotatable bonds is 1. The molecule has 4 rings (SSSR count). The zero-order valence-corrected chi connectivity index (χ0v) is 11.3. The molecule has 21 heavy (non-hydrogen) atoms. The van der Waals surface area contributed by atoms with Crippen LogP contribution in [0.3, 0.4) is 0 Å². The van der Waals surface area contributed by atoms with E-state index in [1.165, 1.54) is 0 Å². The van der Waals surface area contributed by atoms with Gasteiger partial charge in [-0.2, -0.15) is 0 Å². The van der Waals surface area contributed by atoms with Gasteiger partial charge in [0.2, 0.25) is 0 Å². The van der Waals surface area contributed by atoms with Gasteiger partial charge in [0.25, 0.3) is 0 Å². The maximum Gasteiger partial charge on any atom is 0.116 e. The molecule has 1 aliphatic rings. The fourth-order valence-electron chi connectivity index (χ4n) is 2.56. The Hall–Kier alpha value is -2.94. The van der Waals surface area contributed by atoms with Crippen LogP contribution in [0, 0.1) is 0 Å². The van der Waals surface area contributed by atoms with Crippen molar-refractivity contribution < 1.29 is 0 Å². The van der Waals surface area contributed by atoms with E-state index in [0.717, 1.165) is 33.4 Å². The van der Waals surface area contributed by atoms with Crippen LogP contribution in [0.1, 0.15) is 11.1 Å². The molecule has 3 heteroatoms. The molecule has 0 saturated heterocycles. The van der Waals surface area contributed by atoms with Crippen LogP contribution in [0.15, 0.2) is 67.1 Å². The molecule has 1 aromatic heterocycles. The second kappa shape index (κ2) is 4.87. The van der Waals surface area contributed by atoms with Crippen molar-refractivity contribution in [3.05, 3.63) is 78.3 Å². The standard InChI is InChI=1S/C18H13N3/c1-2-5-13(6-3-1)16-8-4-7-14-9-10-17-15(18(14)21-16)11-19-12-20-17/h1-12,21H. The van der Waals surface area contributed by atoms with Crippen LogP contribution in [0.25, 0.3) is 22.7 Å². The minimum absolute atomic E-state index is 0.943. The molecule has 0 bridgehead atoms. The van der Waals surface area contributed by atoms with Gasteiger partial charge in [0, 0.05) is 17.3 Å². The zero-order valence-electron chi connectivity index (χ0n) is 11.3. The Labute approximate surface area is 122 Å². The van der Waals surface area contributed by atoms with Gasteiger partial charge in [-0.1, -0.05) is 48.6 Å². The molecule has 3 nitrogen and oxygen atoms in total. The van der Waals surface area contributed by atoms with E-state index in [1.807, 2.05) is 30.5 Å². The number of hydrogen-bond acceptors (Lipinski definition) is 3. The summed E-state index contributed by atoms with van der Waals surface area (Å²) in [6.07, 6.45) is 9.69. The molecule has 0 spiro atoms. The lowest BCUT2D eigenvalue weighted by atomic mass is 10.1. The van der Waals surface area contributed by atoms with Crippen molar-refractivity contribution in [3.8, 4) is 0 Å². The summed E-state index contributed by atoms with van der Waals surface area (Å²) in [6, 6.07) is 14.4. The third-order valence-electron chi connectivity index (χ3n) is 3.60. The average Bonchev–Trinajstić information content (AvgIpc) is 2.78. The number of hydrogen-bond donors (Lipinski definition) is 1. The van der Waals surface area contributed by atoms with Crippen molar-refractivity contribution in [2.75, 3.05) is 5.32 Å². The highest BCUT2D eigenvalue weighted by Gasteiger charge is 2.11. The quantitative estimate of drug-likeness (QED) is 0.723. The third-order valence-corrected chi connectivity index (χ3v) is 3.60. The van der Waals surface area contributed by atoms with E-state index in [2.05, 4.69) is 51.7 Å². The number of nitrogens with zero attached hydrogens (tertiary/aromatic N) is 2. The molecular formula is C18H13N3. The number of allylic oxidation sites excluding steroid dienone is 2. The Morgan fingerprint density at radius 2 is 1.86 bits per heavy atom. The molecule has 0 aliphatic carbocycles. The fraction of sp³-hybridized carbons (Fsp3) is 0. The van der Waals surface area contributed by atoms with Crippen molar-refractivity contribution in [2.45, 2.75) is 0 Å². The van der Waals surface area contributed by atoms with Gasteiger partial charge >= 0.3 is 0 Å². The molecule has 0 radical (unpaired) electrons.